The van der Waals surface area contributed by atoms with Gasteiger partial charge in [0.25, 0.3) is 5.91 Å². The molecule has 2 heterocycles. The maximum Gasteiger partial charge on any atom is 0.251 e. The predicted molar refractivity (Wildman–Crippen MR) is 99.9 cm³/mol. The van der Waals surface area contributed by atoms with Crippen LogP contribution in [0.5, 0.6) is 0 Å². The summed E-state index contributed by atoms with van der Waals surface area (Å²) in [6, 6.07) is 5.29. The number of hydrogen-bond donors (Lipinski definition) is 1. The van der Waals surface area contributed by atoms with Crippen LogP contribution in [0, 0.1) is 11.7 Å². The summed E-state index contributed by atoms with van der Waals surface area (Å²) in [6.45, 7) is 6.28. The molecule has 0 saturated carbocycles. The average molecular weight is 377 g/mol. The van der Waals surface area contributed by atoms with Crippen molar-refractivity contribution in [3.63, 3.8) is 0 Å². The molecule has 1 aromatic carbocycles. The summed E-state index contributed by atoms with van der Waals surface area (Å²) in [4.78, 5) is 28.6. The molecule has 2 fully saturated rings. The number of ether oxygens (including phenoxy) is 1. The van der Waals surface area contributed by atoms with Gasteiger partial charge in [-0.05, 0) is 56.0 Å². The number of carbonyl (C=O) groups excluding carboxylic acids is 2. The lowest BCUT2D eigenvalue weighted by molar-refractivity contribution is -0.131. The first-order valence-corrected chi connectivity index (χ1v) is 9.73. The first kappa shape index (κ1) is 19.8. The molecule has 0 aromatic heterocycles. The average Bonchev–Trinajstić information content (AvgIpc) is 2.72. The van der Waals surface area contributed by atoms with Crippen LogP contribution in [-0.2, 0) is 9.53 Å². The zero-order valence-electron chi connectivity index (χ0n) is 15.7. The number of likely N-dealkylation sites (tertiary alicyclic amines) is 1. The Morgan fingerprint density at radius 3 is 2.41 bits per heavy atom. The Morgan fingerprint density at radius 1 is 1.07 bits per heavy atom. The van der Waals surface area contributed by atoms with Crippen LogP contribution >= 0.6 is 0 Å². The second kappa shape index (κ2) is 9.80. The normalized spacial score (nSPS) is 19.1. The molecule has 7 heteroatoms. The standard InChI is InChI=1S/C20H28FN3O3/c21-18-3-1-17(2-4-18)20(26)22-15-19(25)24-9-6-16(7-10-24)5-8-23-11-13-27-14-12-23/h1-4,16H,5-15H2,(H,22,26). The summed E-state index contributed by atoms with van der Waals surface area (Å²) in [7, 11) is 0. The van der Waals surface area contributed by atoms with Crippen molar-refractivity contribution in [2.75, 3.05) is 52.5 Å². The molecule has 6 nitrogen and oxygen atoms in total. The van der Waals surface area contributed by atoms with E-state index < -0.39 is 0 Å². The van der Waals surface area contributed by atoms with Gasteiger partial charge in [0, 0.05) is 31.7 Å². The molecule has 0 aliphatic carbocycles. The summed E-state index contributed by atoms with van der Waals surface area (Å²) in [5.41, 5.74) is 0.353. The van der Waals surface area contributed by atoms with Crippen molar-refractivity contribution in [1.82, 2.24) is 15.1 Å². The van der Waals surface area contributed by atoms with Crippen LogP contribution < -0.4 is 5.32 Å². The topological polar surface area (TPSA) is 61.9 Å². The minimum atomic E-state index is -0.390. The van der Waals surface area contributed by atoms with Gasteiger partial charge in [-0.1, -0.05) is 0 Å². The van der Waals surface area contributed by atoms with Crippen LogP contribution in [0.3, 0.4) is 0 Å². The molecule has 1 aromatic rings. The largest absolute Gasteiger partial charge is 0.379 e. The van der Waals surface area contributed by atoms with Gasteiger partial charge in [-0.2, -0.15) is 0 Å². The highest BCUT2D eigenvalue weighted by Gasteiger charge is 2.23. The Hall–Kier alpha value is -1.99. The van der Waals surface area contributed by atoms with Crippen molar-refractivity contribution in [3.8, 4) is 0 Å². The van der Waals surface area contributed by atoms with Gasteiger partial charge in [-0.15, -0.1) is 0 Å². The molecule has 0 unspecified atom stereocenters. The predicted octanol–water partition coefficient (Wildman–Crippen LogP) is 1.52. The van der Waals surface area contributed by atoms with Gasteiger partial charge in [0.15, 0.2) is 0 Å². The van der Waals surface area contributed by atoms with Gasteiger partial charge in [0.05, 0.1) is 19.8 Å². The number of nitrogens with zero attached hydrogens (tertiary/aromatic N) is 2. The van der Waals surface area contributed by atoms with Crippen LogP contribution in [0.4, 0.5) is 4.39 Å². The van der Waals surface area contributed by atoms with Crippen LogP contribution in [0.25, 0.3) is 0 Å². The quantitative estimate of drug-likeness (QED) is 0.817. The van der Waals surface area contributed by atoms with Gasteiger partial charge in [-0.3, -0.25) is 14.5 Å². The van der Waals surface area contributed by atoms with E-state index in [1.54, 1.807) is 0 Å². The third kappa shape index (κ3) is 6.01. The summed E-state index contributed by atoms with van der Waals surface area (Å²) < 4.78 is 18.3. The Labute approximate surface area is 159 Å². The van der Waals surface area contributed by atoms with Gasteiger partial charge < -0.3 is 15.0 Å². The number of carbonyl (C=O) groups is 2. The second-order valence-electron chi connectivity index (χ2n) is 7.26. The maximum atomic E-state index is 12.9. The van der Waals surface area contributed by atoms with E-state index in [0.717, 1.165) is 58.8 Å². The highest BCUT2D eigenvalue weighted by molar-refractivity contribution is 5.96. The minimum Gasteiger partial charge on any atom is -0.379 e. The van der Waals surface area contributed by atoms with Gasteiger partial charge in [0.2, 0.25) is 5.91 Å². The lowest BCUT2D eigenvalue weighted by atomic mass is 9.93. The Balaban J connectivity index is 1.34. The monoisotopic (exact) mass is 377 g/mol. The fraction of sp³-hybridized carbons (Fsp3) is 0.600. The van der Waals surface area contributed by atoms with E-state index >= 15 is 0 Å². The van der Waals surface area contributed by atoms with Gasteiger partial charge >= 0.3 is 0 Å². The van der Waals surface area contributed by atoms with Gasteiger partial charge in [-0.25, -0.2) is 4.39 Å². The molecule has 3 rings (SSSR count). The number of hydrogen-bond acceptors (Lipinski definition) is 4. The molecule has 0 radical (unpaired) electrons. The summed E-state index contributed by atoms with van der Waals surface area (Å²) in [5, 5.41) is 2.62. The SMILES string of the molecule is O=C(NCC(=O)N1CCC(CCN2CCOCC2)CC1)c1ccc(F)cc1. The van der Waals surface area contributed by atoms with E-state index in [0.29, 0.717) is 11.5 Å². The number of morpholine rings is 1. The zero-order chi connectivity index (χ0) is 19.1. The van der Waals surface area contributed by atoms with E-state index in [1.165, 1.54) is 30.7 Å². The number of amides is 2. The van der Waals surface area contributed by atoms with Crippen molar-refractivity contribution in [2.24, 2.45) is 5.92 Å². The van der Waals surface area contributed by atoms with E-state index in [2.05, 4.69) is 10.2 Å². The molecule has 2 aliphatic rings. The molecule has 148 valence electrons. The molecule has 27 heavy (non-hydrogen) atoms. The minimum absolute atomic E-state index is 0.0192. The molecule has 2 amide bonds. The van der Waals surface area contributed by atoms with E-state index in [1.807, 2.05) is 4.90 Å². The van der Waals surface area contributed by atoms with Crippen molar-refractivity contribution in [1.29, 1.82) is 0 Å². The van der Waals surface area contributed by atoms with Gasteiger partial charge in [0.1, 0.15) is 5.82 Å². The van der Waals surface area contributed by atoms with Crippen molar-refractivity contribution in [3.05, 3.63) is 35.6 Å². The van der Waals surface area contributed by atoms with E-state index in [9.17, 15) is 14.0 Å². The number of rotatable bonds is 6. The second-order valence-corrected chi connectivity index (χ2v) is 7.26. The third-order valence-electron chi connectivity index (χ3n) is 5.43. The zero-order valence-corrected chi connectivity index (χ0v) is 15.7. The number of piperidine rings is 1. The summed E-state index contributed by atoms with van der Waals surface area (Å²) >= 11 is 0. The van der Waals surface area contributed by atoms with Crippen LogP contribution in [0.15, 0.2) is 24.3 Å². The molecular formula is C20H28FN3O3. The smallest absolute Gasteiger partial charge is 0.251 e. The Bertz CT molecular complexity index is 624. The molecule has 1 N–H and O–H groups in total. The van der Waals surface area contributed by atoms with Crippen LogP contribution in [0.2, 0.25) is 0 Å². The van der Waals surface area contributed by atoms with E-state index in [4.69, 9.17) is 4.74 Å². The molecular weight excluding hydrogens is 349 g/mol. The Kier molecular flexibility index (Phi) is 7.18. The third-order valence-corrected chi connectivity index (χ3v) is 5.43. The molecule has 2 saturated heterocycles. The number of halogens is 1. The lowest BCUT2D eigenvalue weighted by Crippen LogP contribution is -2.44. The van der Waals surface area contributed by atoms with Crippen molar-refractivity contribution < 1.29 is 18.7 Å². The first-order valence-electron chi connectivity index (χ1n) is 9.73. The van der Waals surface area contributed by atoms with Crippen molar-refractivity contribution in [2.45, 2.75) is 19.3 Å². The molecule has 0 bridgehead atoms. The summed E-state index contributed by atoms with van der Waals surface area (Å²) in [5.74, 6) is -0.148. The summed E-state index contributed by atoms with van der Waals surface area (Å²) in [6.07, 6.45) is 3.20. The Morgan fingerprint density at radius 2 is 1.74 bits per heavy atom. The van der Waals surface area contributed by atoms with E-state index in [-0.39, 0.29) is 24.2 Å². The van der Waals surface area contributed by atoms with Crippen LogP contribution in [-0.4, -0.2) is 74.1 Å². The highest BCUT2D eigenvalue weighted by atomic mass is 19.1. The maximum absolute atomic E-state index is 12.9. The molecule has 0 spiro atoms. The number of nitrogens with one attached hydrogen (secondary N) is 1. The lowest BCUT2D eigenvalue weighted by Gasteiger charge is -2.34. The molecule has 2 aliphatic heterocycles. The fourth-order valence-electron chi connectivity index (χ4n) is 3.63. The van der Waals surface area contributed by atoms with Crippen LogP contribution in [0.1, 0.15) is 29.6 Å². The highest BCUT2D eigenvalue weighted by Crippen LogP contribution is 2.21. The number of benzene rings is 1. The molecule has 0 atom stereocenters. The fourth-order valence-corrected chi connectivity index (χ4v) is 3.63. The first-order chi connectivity index (χ1) is 13.1. The van der Waals surface area contributed by atoms with Crippen molar-refractivity contribution >= 4 is 11.8 Å².